The first-order chi connectivity index (χ1) is 15.6. The lowest BCUT2D eigenvalue weighted by molar-refractivity contribution is -0.121. The Hall–Kier alpha value is -2.82. The minimum absolute atomic E-state index is 0.00449. The molecule has 0 spiro atoms. The molecule has 1 atom stereocenters. The van der Waals surface area contributed by atoms with E-state index in [4.69, 9.17) is 23.2 Å². The Bertz CT molecular complexity index is 1120. The molecule has 0 saturated carbocycles. The van der Waals surface area contributed by atoms with Crippen molar-refractivity contribution in [3.05, 3.63) is 43.6 Å². The monoisotopic (exact) mass is 511 g/mol. The molecule has 2 aromatic rings. The number of ketones is 1. The molecule has 2 amide bonds. The fraction of sp³-hybridized carbons (Fsp3) is 0.333. The number of amides is 2. The number of aliphatic imine (C=N–C) groups is 1. The highest BCUT2D eigenvalue weighted by Crippen LogP contribution is 2.36. The fourth-order valence-electron chi connectivity index (χ4n) is 3.20. The van der Waals surface area contributed by atoms with E-state index in [0.29, 0.717) is 17.4 Å². The van der Waals surface area contributed by atoms with Gasteiger partial charge in [0, 0.05) is 28.4 Å². The van der Waals surface area contributed by atoms with Crippen LogP contribution in [0.3, 0.4) is 0 Å². The van der Waals surface area contributed by atoms with Gasteiger partial charge in [0.25, 0.3) is 5.91 Å². The number of aromatic hydroxyl groups is 1. The Labute approximate surface area is 204 Å². The van der Waals surface area contributed by atoms with Gasteiger partial charge < -0.3 is 26.4 Å². The number of aryl methyl sites for hydroxylation is 1. The number of nitrogens with one attached hydrogen (secondary N) is 4. The summed E-state index contributed by atoms with van der Waals surface area (Å²) in [6.45, 7) is 4.37. The Morgan fingerprint density at radius 3 is 2.70 bits per heavy atom. The quantitative estimate of drug-likeness (QED) is 0.370. The summed E-state index contributed by atoms with van der Waals surface area (Å²) in [6, 6.07) is 3.63. The van der Waals surface area contributed by atoms with E-state index in [0.717, 1.165) is 17.1 Å². The van der Waals surface area contributed by atoms with Crippen molar-refractivity contribution in [2.45, 2.75) is 26.3 Å². The first-order valence-corrected chi connectivity index (χ1v) is 11.6. The first kappa shape index (κ1) is 24.8. The lowest BCUT2D eigenvalue weighted by Gasteiger charge is -2.20. The summed E-state index contributed by atoms with van der Waals surface area (Å²) < 4.78 is 0. The molecule has 1 aromatic heterocycles. The molecule has 0 fully saturated rings. The van der Waals surface area contributed by atoms with Crippen LogP contribution in [-0.4, -0.2) is 48.3 Å². The number of rotatable bonds is 8. The zero-order valence-corrected chi connectivity index (χ0v) is 20.2. The molecule has 3 rings (SSSR count). The number of thiophene rings is 1. The van der Waals surface area contributed by atoms with Gasteiger partial charge in [-0.1, -0.05) is 23.2 Å². The van der Waals surface area contributed by atoms with Crippen LogP contribution in [0.25, 0.3) is 0 Å². The van der Waals surface area contributed by atoms with Crippen LogP contribution < -0.4 is 21.3 Å². The van der Waals surface area contributed by atoms with Crippen LogP contribution in [-0.2, 0) is 9.59 Å². The molecule has 0 bridgehead atoms. The molecule has 1 aliphatic heterocycles. The van der Waals surface area contributed by atoms with Crippen molar-refractivity contribution in [2.75, 3.05) is 25.0 Å². The van der Waals surface area contributed by atoms with Crippen LogP contribution in [0.5, 0.6) is 5.75 Å². The SMILES string of the molecule is CC(=O)C[C@H](NC(=O)CNC(=O)c1cc(NC2=NCCN2)c(C)s1)c1cc(Cl)cc(Cl)c1O. The Kier molecular flexibility index (Phi) is 8.17. The van der Waals surface area contributed by atoms with Gasteiger partial charge in [-0.15, -0.1) is 11.3 Å². The van der Waals surface area contributed by atoms with Gasteiger partial charge in [-0.05, 0) is 32.0 Å². The van der Waals surface area contributed by atoms with Gasteiger partial charge in [0.1, 0.15) is 11.5 Å². The number of phenolic OH excluding ortho intramolecular Hbond substituents is 1. The van der Waals surface area contributed by atoms with E-state index in [2.05, 4.69) is 26.3 Å². The summed E-state index contributed by atoms with van der Waals surface area (Å²) in [5.74, 6) is -0.781. The molecule has 0 unspecified atom stereocenters. The van der Waals surface area contributed by atoms with Crippen LogP contribution in [0, 0.1) is 6.92 Å². The number of Topliss-reactive ketones (excluding diaryl/α,β-unsaturated/α-hetero) is 1. The standard InChI is InChI=1S/C21H23Cl2N5O4S/c1-10(29)5-16(13-6-12(22)7-14(23)19(13)31)27-18(30)9-26-20(32)17-8-15(11(2)33-17)28-21-24-3-4-25-21/h6-8,16,31H,3-5,9H2,1-2H3,(H,26,32)(H,27,30)(H2,24,25,28)/t16-/m0/s1. The van der Waals surface area contributed by atoms with Crippen LogP contribution in [0.15, 0.2) is 23.2 Å². The lowest BCUT2D eigenvalue weighted by atomic mass is 10.0. The molecule has 0 radical (unpaired) electrons. The van der Waals surface area contributed by atoms with Crippen molar-refractivity contribution in [3.8, 4) is 5.75 Å². The number of guanidine groups is 1. The second-order valence-electron chi connectivity index (χ2n) is 7.40. The number of benzene rings is 1. The van der Waals surface area contributed by atoms with E-state index >= 15 is 0 Å². The summed E-state index contributed by atoms with van der Waals surface area (Å²) in [5, 5.41) is 22.0. The number of hydrogen-bond acceptors (Lipinski definition) is 8. The lowest BCUT2D eigenvalue weighted by Crippen LogP contribution is -2.39. The normalized spacial score (nSPS) is 13.6. The molecule has 12 heteroatoms. The van der Waals surface area contributed by atoms with Gasteiger partial charge in [0.05, 0.1) is 34.7 Å². The van der Waals surface area contributed by atoms with Crippen molar-refractivity contribution in [2.24, 2.45) is 4.99 Å². The summed E-state index contributed by atoms with van der Waals surface area (Å²) in [7, 11) is 0. The third-order valence-electron chi connectivity index (χ3n) is 4.74. The fourth-order valence-corrected chi connectivity index (χ4v) is 4.60. The van der Waals surface area contributed by atoms with Crippen molar-refractivity contribution in [1.29, 1.82) is 0 Å². The van der Waals surface area contributed by atoms with Crippen LogP contribution in [0.1, 0.15) is 39.5 Å². The highest BCUT2D eigenvalue weighted by atomic mass is 35.5. The molecule has 1 aromatic carbocycles. The number of phenols is 1. The van der Waals surface area contributed by atoms with Crippen LogP contribution in [0.4, 0.5) is 5.69 Å². The maximum absolute atomic E-state index is 12.5. The molecule has 1 aliphatic rings. The number of carbonyl (C=O) groups excluding carboxylic acids is 3. The third-order valence-corrected chi connectivity index (χ3v) is 6.29. The molecule has 2 heterocycles. The van der Waals surface area contributed by atoms with Crippen LogP contribution >= 0.6 is 34.5 Å². The number of halogens is 2. The maximum Gasteiger partial charge on any atom is 0.261 e. The number of carbonyl (C=O) groups is 3. The van der Waals surface area contributed by atoms with E-state index < -0.39 is 17.9 Å². The minimum atomic E-state index is -0.859. The molecular formula is C21H23Cl2N5O4S. The Balaban J connectivity index is 1.63. The molecule has 33 heavy (non-hydrogen) atoms. The Morgan fingerprint density at radius 2 is 2.03 bits per heavy atom. The first-order valence-electron chi connectivity index (χ1n) is 10.0. The summed E-state index contributed by atoms with van der Waals surface area (Å²) in [5.41, 5.74) is 0.980. The summed E-state index contributed by atoms with van der Waals surface area (Å²) >= 11 is 13.3. The summed E-state index contributed by atoms with van der Waals surface area (Å²) in [6.07, 6.45) is -0.0824. The van der Waals surface area contributed by atoms with E-state index in [1.807, 2.05) is 6.92 Å². The van der Waals surface area contributed by atoms with Gasteiger partial charge in [-0.3, -0.25) is 19.4 Å². The van der Waals surface area contributed by atoms with E-state index in [9.17, 15) is 19.5 Å². The molecule has 5 N–H and O–H groups in total. The average Bonchev–Trinajstić information content (AvgIpc) is 3.38. The van der Waals surface area contributed by atoms with Gasteiger partial charge in [-0.25, -0.2) is 0 Å². The predicted octanol–water partition coefficient (Wildman–Crippen LogP) is 3.01. The van der Waals surface area contributed by atoms with Crippen molar-refractivity contribution in [1.82, 2.24) is 16.0 Å². The number of anilines is 1. The van der Waals surface area contributed by atoms with E-state index in [-0.39, 0.29) is 40.1 Å². The van der Waals surface area contributed by atoms with E-state index in [1.165, 1.54) is 30.4 Å². The van der Waals surface area contributed by atoms with Crippen molar-refractivity contribution < 1.29 is 19.5 Å². The zero-order valence-electron chi connectivity index (χ0n) is 17.9. The number of nitrogens with zero attached hydrogens (tertiary/aromatic N) is 1. The molecule has 0 aliphatic carbocycles. The largest absolute Gasteiger partial charge is 0.506 e. The molecule has 0 saturated heterocycles. The highest BCUT2D eigenvalue weighted by Gasteiger charge is 2.23. The smallest absolute Gasteiger partial charge is 0.261 e. The molecular weight excluding hydrogens is 489 g/mol. The second kappa shape index (κ2) is 10.9. The maximum atomic E-state index is 12.5. The van der Waals surface area contributed by atoms with Crippen LogP contribution in [0.2, 0.25) is 10.0 Å². The van der Waals surface area contributed by atoms with Gasteiger partial charge in [0.2, 0.25) is 5.91 Å². The van der Waals surface area contributed by atoms with Gasteiger partial charge >= 0.3 is 0 Å². The third kappa shape index (κ3) is 6.59. The van der Waals surface area contributed by atoms with Gasteiger partial charge in [0.15, 0.2) is 5.96 Å². The average molecular weight is 512 g/mol. The molecule has 9 nitrogen and oxygen atoms in total. The Morgan fingerprint density at radius 1 is 1.27 bits per heavy atom. The zero-order chi connectivity index (χ0) is 24.1. The second-order valence-corrected chi connectivity index (χ2v) is 9.50. The van der Waals surface area contributed by atoms with Crippen molar-refractivity contribution >= 4 is 63.8 Å². The highest BCUT2D eigenvalue weighted by molar-refractivity contribution is 7.14. The molecule has 176 valence electrons. The topological polar surface area (TPSA) is 132 Å². The summed E-state index contributed by atoms with van der Waals surface area (Å²) in [4.78, 5) is 42.4. The predicted molar refractivity (Wildman–Crippen MR) is 130 cm³/mol. The van der Waals surface area contributed by atoms with Gasteiger partial charge in [-0.2, -0.15) is 0 Å². The van der Waals surface area contributed by atoms with E-state index in [1.54, 1.807) is 6.07 Å². The number of hydrogen-bond donors (Lipinski definition) is 5. The minimum Gasteiger partial charge on any atom is -0.506 e. The van der Waals surface area contributed by atoms with Crippen molar-refractivity contribution in [3.63, 3.8) is 0 Å².